The lowest BCUT2D eigenvalue weighted by Crippen LogP contribution is -2.29. The van der Waals surface area contributed by atoms with Crippen LogP contribution >= 0.6 is 0 Å². The number of primary sulfonamides is 1. The average molecular weight is 361 g/mol. The summed E-state index contributed by atoms with van der Waals surface area (Å²) in [4.78, 5) is 12.1. The van der Waals surface area contributed by atoms with Crippen molar-refractivity contribution in [2.75, 3.05) is 18.5 Å². The first-order valence-corrected chi connectivity index (χ1v) is 9.35. The minimum atomic E-state index is -4.03. The third-order valence-corrected chi connectivity index (χ3v) is 5.53. The highest BCUT2D eigenvalue weighted by atomic mass is 32.2. The summed E-state index contributed by atoms with van der Waals surface area (Å²) >= 11 is 0. The van der Waals surface area contributed by atoms with E-state index in [9.17, 15) is 18.5 Å². The monoisotopic (exact) mass is 361 g/mol. The van der Waals surface area contributed by atoms with E-state index in [4.69, 9.17) is 5.14 Å². The Hall–Kier alpha value is -2.45. The molecule has 2 aromatic rings. The minimum absolute atomic E-state index is 0.00237. The zero-order chi connectivity index (χ0) is 18.2. The van der Waals surface area contributed by atoms with Crippen LogP contribution in [0.3, 0.4) is 0 Å². The predicted molar refractivity (Wildman–Crippen MR) is 95.1 cm³/mol. The Morgan fingerprint density at radius 2 is 1.84 bits per heavy atom. The second-order valence-corrected chi connectivity index (χ2v) is 8.05. The Morgan fingerprint density at radius 1 is 1.20 bits per heavy atom. The van der Waals surface area contributed by atoms with Crippen molar-refractivity contribution >= 4 is 21.4 Å². The first-order chi connectivity index (χ1) is 11.7. The molecule has 1 aliphatic rings. The maximum Gasteiger partial charge on any atom is 0.272 e. The molecule has 0 radical (unpaired) electrons. The van der Waals surface area contributed by atoms with Gasteiger partial charge in [-0.25, -0.2) is 13.6 Å². The molecule has 0 heterocycles. The van der Waals surface area contributed by atoms with Gasteiger partial charge in [0, 0.05) is 36.8 Å². The number of anilines is 1. The molecular formula is C17H19N3O4S. The third kappa shape index (κ3) is 3.64. The number of hydrogen-bond donors (Lipinski definition) is 1. The van der Waals surface area contributed by atoms with E-state index in [1.165, 1.54) is 17.7 Å². The van der Waals surface area contributed by atoms with Crippen LogP contribution in [0.4, 0.5) is 11.4 Å². The molecule has 7 nitrogen and oxygen atoms in total. The molecule has 1 fully saturated rings. The van der Waals surface area contributed by atoms with Crippen LogP contribution in [-0.2, 0) is 15.4 Å². The summed E-state index contributed by atoms with van der Waals surface area (Å²) in [6.07, 6.45) is 2.05. The molecule has 0 spiro atoms. The number of rotatable bonds is 6. The third-order valence-electron chi connectivity index (χ3n) is 4.64. The fourth-order valence-electron chi connectivity index (χ4n) is 3.08. The summed E-state index contributed by atoms with van der Waals surface area (Å²) in [6, 6.07) is 13.8. The van der Waals surface area contributed by atoms with Crippen molar-refractivity contribution in [1.82, 2.24) is 0 Å². The lowest BCUT2D eigenvalue weighted by Gasteiger charge is -2.26. The molecule has 0 atom stereocenters. The molecule has 2 aromatic carbocycles. The molecular weight excluding hydrogens is 342 g/mol. The number of sulfonamides is 1. The molecule has 2 N–H and O–H groups in total. The molecule has 132 valence electrons. The minimum Gasteiger partial charge on any atom is -0.373 e. The van der Waals surface area contributed by atoms with Gasteiger partial charge < -0.3 is 4.90 Å². The number of nitro groups is 1. The predicted octanol–water partition coefficient (Wildman–Crippen LogP) is 2.41. The van der Waals surface area contributed by atoms with E-state index < -0.39 is 14.9 Å². The number of hydrogen-bond acceptors (Lipinski definition) is 5. The summed E-state index contributed by atoms with van der Waals surface area (Å²) in [5.41, 5.74) is 1.39. The second-order valence-electron chi connectivity index (χ2n) is 6.49. The van der Waals surface area contributed by atoms with Crippen molar-refractivity contribution in [2.45, 2.75) is 23.2 Å². The quantitative estimate of drug-likeness (QED) is 0.628. The number of nitrogens with zero attached hydrogens (tertiary/aromatic N) is 2. The molecule has 0 bridgehead atoms. The van der Waals surface area contributed by atoms with Crippen molar-refractivity contribution in [3.8, 4) is 0 Å². The Kier molecular flexibility index (Phi) is 4.26. The molecule has 0 aliphatic heterocycles. The summed E-state index contributed by atoms with van der Waals surface area (Å²) in [5.74, 6) is 0. The average Bonchev–Trinajstić information content (AvgIpc) is 3.35. The highest BCUT2D eigenvalue weighted by Crippen LogP contribution is 2.49. The number of nitro benzene ring substituents is 1. The fraction of sp³-hybridized carbons (Fsp3) is 0.294. The maximum absolute atomic E-state index is 11.6. The molecule has 3 rings (SSSR count). The van der Waals surface area contributed by atoms with Gasteiger partial charge in [0.05, 0.1) is 9.82 Å². The van der Waals surface area contributed by atoms with E-state index in [-0.39, 0.29) is 16.0 Å². The van der Waals surface area contributed by atoms with Gasteiger partial charge in [0.1, 0.15) is 0 Å². The molecule has 1 aliphatic carbocycles. The zero-order valence-electron chi connectivity index (χ0n) is 13.8. The normalized spacial score (nSPS) is 15.6. The smallest absolute Gasteiger partial charge is 0.272 e. The molecule has 0 aromatic heterocycles. The van der Waals surface area contributed by atoms with Gasteiger partial charge >= 0.3 is 0 Å². The Bertz CT molecular complexity index is 909. The first-order valence-electron chi connectivity index (χ1n) is 7.80. The number of non-ortho nitro benzene ring substituents is 1. The summed E-state index contributed by atoms with van der Waals surface area (Å²) in [5, 5.41) is 16.3. The van der Waals surface area contributed by atoms with Gasteiger partial charge in [-0.1, -0.05) is 30.3 Å². The summed E-state index contributed by atoms with van der Waals surface area (Å²) in [7, 11) is -2.23. The second kappa shape index (κ2) is 6.12. The number of nitrogens with two attached hydrogens (primary N) is 1. The fourth-order valence-corrected chi connectivity index (χ4v) is 3.65. The van der Waals surface area contributed by atoms with Gasteiger partial charge in [0.2, 0.25) is 10.0 Å². The Morgan fingerprint density at radius 3 is 2.36 bits per heavy atom. The van der Waals surface area contributed by atoms with Gasteiger partial charge in [-0.2, -0.15) is 0 Å². The van der Waals surface area contributed by atoms with Crippen LogP contribution in [-0.4, -0.2) is 26.9 Å². The topological polar surface area (TPSA) is 107 Å². The van der Waals surface area contributed by atoms with Gasteiger partial charge in [0.25, 0.3) is 5.69 Å². The molecule has 8 heteroatoms. The molecule has 1 saturated carbocycles. The highest BCUT2D eigenvalue weighted by Gasteiger charge is 2.45. The maximum atomic E-state index is 11.6. The van der Waals surface area contributed by atoms with Gasteiger partial charge in [-0.3, -0.25) is 10.1 Å². The van der Waals surface area contributed by atoms with Crippen LogP contribution in [0.15, 0.2) is 53.4 Å². The van der Waals surface area contributed by atoms with Crippen LogP contribution in [0.25, 0.3) is 0 Å². The summed E-state index contributed by atoms with van der Waals surface area (Å²) < 4.78 is 23.3. The van der Waals surface area contributed by atoms with Crippen LogP contribution < -0.4 is 10.0 Å². The van der Waals surface area contributed by atoms with E-state index in [0.29, 0.717) is 12.2 Å². The van der Waals surface area contributed by atoms with E-state index in [0.717, 1.165) is 18.9 Å². The van der Waals surface area contributed by atoms with Crippen LogP contribution in [0.1, 0.15) is 18.4 Å². The van der Waals surface area contributed by atoms with E-state index in [1.54, 1.807) is 7.05 Å². The zero-order valence-corrected chi connectivity index (χ0v) is 14.6. The summed E-state index contributed by atoms with van der Waals surface area (Å²) in [6.45, 7) is 0.641. The molecule has 0 saturated heterocycles. The van der Waals surface area contributed by atoms with Crippen molar-refractivity contribution in [3.63, 3.8) is 0 Å². The number of benzene rings is 2. The van der Waals surface area contributed by atoms with Gasteiger partial charge in [-0.15, -0.1) is 0 Å². The lowest BCUT2D eigenvalue weighted by molar-refractivity contribution is -0.385. The Labute approximate surface area is 146 Å². The van der Waals surface area contributed by atoms with Crippen molar-refractivity contribution in [3.05, 3.63) is 64.2 Å². The van der Waals surface area contributed by atoms with Crippen molar-refractivity contribution in [2.24, 2.45) is 5.14 Å². The Balaban J connectivity index is 1.93. The van der Waals surface area contributed by atoms with E-state index in [1.807, 2.05) is 23.1 Å². The van der Waals surface area contributed by atoms with Gasteiger partial charge in [-0.05, 0) is 24.5 Å². The van der Waals surface area contributed by atoms with Gasteiger partial charge in [0.15, 0.2) is 0 Å². The number of likely N-dealkylation sites (N-methyl/N-ethyl adjacent to an activating group) is 1. The van der Waals surface area contributed by atoms with E-state index in [2.05, 4.69) is 12.1 Å². The van der Waals surface area contributed by atoms with Crippen LogP contribution in [0, 0.1) is 10.1 Å². The lowest BCUT2D eigenvalue weighted by atomic mass is 9.95. The van der Waals surface area contributed by atoms with Crippen molar-refractivity contribution in [1.29, 1.82) is 0 Å². The van der Waals surface area contributed by atoms with Crippen LogP contribution in [0.5, 0.6) is 0 Å². The highest BCUT2D eigenvalue weighted by molar-refractivity contribution is 7.89. The van der Waals surface area contributed by atoms with E-state index >= 15 is 0 Å². The largest absolute Gasteiger partial charge is 0.373 e. The first kappa shape index (κ1) is 17.4. The SMILES string of the molecule is CN(CC1(c2ccccc2)CC1)c1cc([N+](=O)[O-])cc(S(N)(=O)=O)c1. The van der Waals surface area contributed by atoms with Crippen LogP contribution in [0.2, 0.25) is 0 Å². The molecule has 25 heavy (non-hydrogen) atoms. The molecule has 0 amide bonds. The van der Waals surface area contributed by atoms with Crippen molar-refractivity contribution < 1.29 is 13.3 Å². The standard InChI is InChI=1S/C17H19N3O4S/c1-19(12-17(7-8-17)13-5-3-2-4-6-13)14-9-15(20(21)22)11-16(10-14)25(18,23)24/h2-6,9-11H,7-8,12H2,1H3,(H2,18,23,24). The molecule has 0 unspecified atom stereocenters.